The standard InChI is InChI=1S/C24H32BN3O3.C19H24BNO6.C18H22BN3O3.C15H21BO4.C9H13N3.C4H5NO3.C2H2/c1-23(2)24(3,4)31-25(30-23)20-11-8-19(9-12-20)10-13-22(29)28-17-15-27(16-18-28)21-7-5-6-14-26-21;1-18(2)19(3,4)27-20(26-18)14-8-5-13(6-9-14)7-12-17(24)25-21-15(22)10-11-16(21)23;23-18(9-6-15-4-7-16(8-5-15)19(24)25)22-13-11-21(12-14-22)17-3-1-2-10-20-17;1-14(2)15(3,4)20-16(19-14)12-8-5-11(6-9-12)7-10-13(17)18;1-2-4-11-9(3-1)12-7-5-10-6-8-12;6-3-1-2-4(7)5(3)8;1-2/h5-9,11-12,14H,10,13,15-18H2,1-4H3;5-6,8-9H,7,10-12H2,1-4H3;1-5,7-8,10,24-25H,6,9,11-14H2;5-6,8-9H,7,10H2,1-4H3,(H,17,18);1-4,10H,5-8H2;8H,1-2H2;1-2H/i;;;;;;1D. The number of aromatic nitrogens is 3. The first-order valence-corrected chi connectivity index (χ1v) is 42.5. The molecule has 30 nitrogen and oxygen atoms in total. The molecule has 8 aliphatic heterocycles. The summed E-state index contributed by atoms with van der Waals surface area (Å²) in [5.41, 5.74) is 5.28. The maximum Gasteiger partial charge on any atom is 0.494 e. The Kier molecular flexibility index (Phi) is 34.7. The molecule has 15 rings (SSSR count). The molecule has 7 aromatic rings. The summed E-state index contributed by atoms with van der Waals surface area (Å²) < 4.78 is 41.9. The molecular formula is C91H119B4N11O19. The van der Waals surface area contributed by atoms with Crippen molar-refractivity contribution in [1.82, 2.24) is 40.2 Å². The van der Waals surface area contributed by atoms with Gasteiger partial charge in [-0.05, 0) is 189 Å². The number of nitrogens with zero attached hydrogens (tertiary/aromatic N) is 10. The molecule has 8 fully saturated rings. The summed E-state index contributed by atoms with van der Waals surface area (Å²) in [7, 11) is -2.60. The molecule has 8 aliphatic rings. The summed E-state index contributed by atoms with van der Waals surface area (Å²) in [5.74, 6) is 0.0815. The van der Waals surface area contributed by atoms with Gasteiger partial charge in [0.05, 0.1) is 40.0 Å². The van der Waals surface area contributed by atoms with Crippen LogP contribution in [0.1, 0.15) is 158 Å². The number of carbonyl (C=O) groups excluding carboxylic acids is 7. The normalized spacial score (nSPS) is 18.8. The second kappa shape index (κ2) is 45.0. The number of hydroxylamine groups is 4. The zero-order valence-electron chi connectivity index (χ0n) is 74.9. The summed E-state index contributed by atoms with van der Waals surface area (Å²) in [6.07, 6.45) is 15.3. The molecule has 664 valence electrons. The topological polar surface area (TPSA) is 355 Å². The van der Waals surface area contributed by atoms with E-state index in [1.165, 1.54) is 6.40 Å². The summed E-state index contributed by atoms with van der Waals surface area (Å²) in [6.45, 7) is 34.8. The highest BCUT2D eigenvalue weighted by Crippen LogP contribution is 2.39. The third kappa shape index (κ3) is 27.9. The van der Waals surface area contributed by atoms with Gasteiger partial charge in [-0.2, -0.15) is 5.06 Å². The number of rotatable bonds is 20. The Hall–Kier alpha value is -10.7. The third-order valence-corrected chi connectivity index (χ3v) is 23.8. The Balaban J connectivity index is 0.000000176. The SMILES string of the molecule is CC1(C)OB(c2ccc(CCC(=O)N3CCN(c4ccccn4)CC3)cc2)OC1(C)C.CC1(C)OB(c2ccc(CCC(=O)O)cc2)OC1(C)C.CC1(C)OB(c2ccc(CCC(=O)ON3C(=O)CCC3=O)cc2)OC1(C)C.O=C(CCc1ccc(B(O)O)cc1)N1CCN(c2ccccn2)CC1.O=C1CCC(=O)N1O.[2H]C#C.c1ccc(N2CCNCC2)nc1. The van der Waals surface area contributed by atoms with E-state index in [-0.39, 0.29) is 92.0 Å². The number of benzene rings is 4. The monoisotopic (exact) mass is 1710 g/mol. The lowest BCUT2D eigenvalue weighted by Gasteiger charge is -2.35. The molecule has 8 saturated heterocycles. The lowest BCUT2D eigenvalue weighted by molar-refractivity contribution is -0.197. The van der Waals surface area contributed by atoms with Crippen LogP contribution in [0.4, 0.5) is 17.5 Å². The van der Waals surface area contributed by atoms with E-state index in [1.54, 1.807) is 18.3 Å². The predicted octanol–water partition coefficient (Wildman–Crippen LogP) is 6.50. The number of hydrogen-bond acceptors (Lipinski definition) is 25. The molecule has 0 saturated carbocycles. The molecule has 0 spiro atoms. The first kappa shape index (κ1) is 96.5. The van der Waals surface area contributed by atoms with E-state index in [1.807, 2.05) is 199 Å². The number of imide groups is 2. The molecule has 0 radical (unpaired) electrons. The number of nitrogens with one attached hydrogen (secondary N) is 1. The number of terminal acetylenes is 1. The molecule has 3 aromatic heterocycles. The van der Waals surface area contributed by atoms with E-state index in [0.29, 0.717) is 55.7 Å². The minimum atomic E-state index is -1.45. The van der Waals surface area contributed by atoms with Gasteiger partial charge in [0.25, 0.3) is 23.6 Å². The number of aryl methyl sites for hydroxylation is 4. The van der Waals surface area contributed by atoms with Crippen molar-refractivity contribution in [3.8, 4) is 12.8 Å². The molecule has 11 heterocycles. The lowest BCUT2D eigenvalue weighted by atomic mass is 9.78. The smallest absolute Gasteiger partial charge is 0.481 e. The van der Waals surface area contributed by atoms with Gasteiger partial charge < -0.3 is 77.7 Å². The highest BCUT2D eigenvalue weighted by Gasteiger charge is 2.54. The van der Waals surface area contributed by atoms with Gasteiger partial charge >= 0.3 is 40.4 Å². The van der Waals surface area contributed by atoms with Gasteiger partial charge in [-0.3, -0.25) is 38.8 Å². The maximum atomic E-state index is 12.7. The number of aliphatic carboxylic acids is 1. The summed E-state index contributed by atoms with van der Waals surface area (Å²) in [6, 6.07) is 48.5. The second-order valence-corrected chi connectivity index (χ2v) is 34.2. The van der Waals surface area contributed by atoms with Gasteiger partial charge in [0.15, 0.2) is 0 Å². The zero-order chi connectivity index (χ0) is 91.6. The molecule has 0 atom stereocenters. The highest BCUT2D eigenvalue weighted by molar-refractivity contribution is 6.63. The maximum absolute atomic E-state index is 12.7. The average Bonchev–Trinajstić information content (AvgIpc) is 1.63. The number of anilines is 3. The number of carbonyl (C=O) groups is 8. The summed E-state index contributed by atoms with van der Waals surface area (Å²) >= 11 is 0. The van der Waals surface area contributed by atoms with Gasteiger partial charge in [0.2, 0.25) is 11.8 Å². The van der Waals surface area contributed by atoms with Gasteiger partial charge in [0.1, 0.15) is 18.8 Å². The highest BCUT2D eigenvalue weighted by atomic mass is 16.7. The number of carboxylic acid groups (broad SMARTS) is 1. The van der Waals surface area contributed by atoms with Crippen LogP contribution in [0.15, 0.2) is 170 Å². The van der Waals surface area contributed by atoms with Crippen LogP contribution in [0.3, 0.4) is 0 Å². The molecule has 0 unspecified atom stereocenters. The van der Waals surface area contributed by atoms with E-state index in [4.69, 9.17) is 54.5 Å². The van der Waals surface area contributed by atoms with Gasteiger partial charge in [0, 0.05) is 142 Å². The molecule has 125 heavy (non-hydrogen) atoms. The zero-order valence-corrected chi connectivity index (χ0v) is 73.9. The van der Waals surface area contributed by atoms with Crippen molar-refractivity contribution in [3.05, 3.63) is 193 Å². The van der Waals surface area contributed by atoms with E-state index in [2.05, 4.69) is 87.3 Å². The average molecular weight is 1720 g/mol. The number of hydrogen-bond donors (Lipinski definition) is 5. The van der Waals surface area contributed by atoms with Crippen molar-refractivity contribution in [2.75, 3.05) is 93.2 Å². The van der Waals surface area contributed by atoms with Crippen molar-refractivity contribution in [2.24, 2.45) is 0 Å². The largest absolute Gasteiger partial charge is 0.494 e. The third-order valence-electron chi connectivity index (χ3n) is 23.8. The predicted molar refractivity (Wildman–Crippen MR) is 479 cm³/mol. The van der Waals surface area contributed by atoms with Crippen LogP contribution in [0, 0.1) is 12.8 Å². The summed E-state index contributed by atoms with van der Waals surface area (Å²) in [5, 5.41) is 39.3. The molecule has 5 N–H and O–H groups in total. The molecule has 34 heteroatoms. The first-order chi connectivity index (χ1) is 59.8. The molecule has 0 bridgehead atoms. The van der Waals surface area contributed by atoms with Crippen LogP contribution in [-0.4, -0.2) is 243 Å². The molecule has 0 aliphatic carbocycles. The Morgan fingerprint density at radius 2 is 0.720 bits per heavy atom. The summed E-state index contributed by atoms with van der Waals surface area (Å²) in [4.78, 5) is 119. The Morgan fingerprint density at radius 3 is 1.00 bits per heavy atom. The van der Waals surface area contributed by atoms with Crippen LogP contribution >= 0.6 is 0 Å². The minimum Gasteiger partial charge on any atom is -0.481 e. The fourth-order valence-electron chi connectivity index (χ4n) is 13.9. The fraction of sp³-hybridized carbons (Fsp3) is 0.462. The van der Waals surface area contributed by atoms with Gasteiger partial charge in [-0.25, -0.2) is 19.7 Å². The van der Waals surface area contributed by atoms with Crippen LogP contribution in [0.25, 0.3) is 0 Å². The van der Waals surface area contributed by atoms with Crippen molar-refractivity contribution in [2.45, 2.75) is 194 Å². The number of pyridine rings is 3. The fourth-order valence-corrected chi connectivity index (χ4v) is 13.9. The number of carboxylic acids is 1. The Morgan fingerprint density at radius 1 is 0.432 bits per heavy atom. The van der Waals surface area contributed by atoms with Crippen molar-refractivity contribution in [1.29, 1.82) is 0 Å². The van der Waals surface area contributed by atoms with E-state index >= 15 is 0 Å². The second-order valence-electron chi connectivity index (χ2n) is 34.2. The van der Waals surface area contributed by atoms with Crippen LogP contribution < -0.4 is 41.9 Å². The van der Waals surface area contributed by atoms with E-state index in [0.717, 1.165) is 128 Å². The van der Waals surface area contributed by atoms with E-state index in [9.17, 15) is 38.4 Å². The molecular weight excluding hydrogens is 1590 g/mol. The van der Waals surface area contributed by atoms with Crippen molar-refractivity contribution in [3.63, 3.8) is 0 Å². The lowest BCUT2D eigenvalue weighted by Crippen LogP contribution is -2.49. The minimum absolute atomic E-state index is 0.0763. The van der Waals surface area contributed by atoms with Crippen molar-refractivity contribution < 1.29 is 92.9 Å². The van der Waals surface area contributed by atoms with Crippen LogP contribution in [0.2, 0.25) is 0 Å². The van der Waals surface area contributed by atoms with E-state index < -0.39 is 61.0 Å². The number of piperazine rings is 3. The van der Waals surface area contributed by atoms with Gasteiger partial charge in [-0.1, -0.05) is 115 Å². The molecule has 6 amide bonds. The number of amides is 6. The molecule has 4 aromatic carbocycles. The quantitative estimate of drug-likeness (QED) is 0.0235. The van der Waals surface area contributed by atoms with Gasteiger partial charge in [-0.15, -0.1) is 17.9 Å². The first-order valence-electron chi connectivity index (χ1n) is 43.0. The Bertz CT molecular complexity index is 4670. The van der Waals surface area contributed by atoms with Crippen molar-refractivity contribution >= 4 is 115 Å². The van der Waals surface area contributed by atoms with Crippen LogP contribution in [-0.2, 0) is 96.8 Å². The van der Waals surface area contributed by atoms with Crippen LogP contribution in [0.5, 0.6) is 0 Å². The Labute approximate surface area is 736 Å².